The molecule has 0 aliphatic carbocycles. The normalized spacial score (nSPS) is 10.5. The van der Waals surface area contributed by atoms with E-state index in [2.05, 4.69) is 31.5 Å². The molecule has 1 heterocycles. The lowest BCUT2D eigenvalue weighted by Gasteiger charge is -2.05. The van der Waals surface area contributed by atoms with Crippen LogP contribution in [0.3, 0.4) is 0 Å². The Morgan fingerprint density at radius 3 is 2.64 bits per heavy atom. The summed E-state index contributed by atoms with van der Waals surface area (Å²) in [4.78, 5) is 29.5. The minimum Gasteiger partial charge on any atom is -0.343 e. The van der Waals surface area contributed by atoms with E-state index in [1.54, 1.807) is 30.3 Å². The lowest BCUT2D eigenvalue weighted by Crippen LogP contribution is -2.32. The molecule has 0 unspecified atom stereocenters. The molecule has 0 saturated heterocycles. The lowest BCUT2D eigenvalue weighted by molar-refractivity contribution is -0.115. The first kappa shape index (κ1) is 20.2. The van der Waals surface area contributed by atoms with Crippen LogP contribution in [0.5, 0.6) is 0 Å². The van der Waals surface area contributed by atoms with Crippen LogP contribution in [0.2, 0.25) is 0 Å². The topological polar surface area (TPSA) is 71.1 Å². The van der Waals surface area contributed by atoms with E-state index in [-0.39, 0.29) is 24.2 Å². The number of carbonyl (C=O) groups excluding carboxylic acids is 2. The minimum absolute atomic E-state index is 0.155. The highest BCUT2D eigenvalue weighted by molar-refractivity contribution is 9.10. The largest absolute Gasteiger partial charge is 0.343 e. The lowest BCUT2D eigenvalue weighted by atomic mass is 10.1. The Bertz CT molecular complexity index is 1000. The number of aromatic nitrogens is 1. The second-order valence-electron chi connectivity index (χ2n) is 6.07. The van der Waals surface area contributed by atoms with Crippen LogP contribution in [0, 0.1) is 12.7 Å². The number of thiazole rings is 1. The fourth-order valence-electron chi connectivity index (χ4n) is 2.49. The summed E-state index contributed by atoms with van der Waals surface area (Å²) in [5, 5.41) is 5.75. The highest BCUT2D eigenvalue weighted by atomic mass is 79.9. The molecule has 2 N–H and O–H groups in total. The Morgan fingerprint density at radius 1 is 1.18 bits per heavy atom. The Balaban J connectivity index is 1.55. The van der Waals surface area contributed by atoms with Crippen LogP contribution < -0.4 is 10.6 Å². The number of rotatable bonds is 6. The Labute approximate surface area is 174 Å². The average Bonchev–Trinajstić information content (AvgIpc) is 3.00. The molecule has 1 aromatic heterocycles. The second kappa shape index (κ2) is 9.07. The van der Waals surface area contributed by atoms with Crippen molar-refractivity contribution in [3.8, 4) is 0 Å². The van der Waals surface area contributed by atoms with E-state index in [0.29, 0.717) is 17.1 Å². The van der Waals surface area contributed by atoms with Crippen LogP contribution in [0.25, 0.3) is 0 Å². The summed E-state index contributed by atoms with van der Waals surface area (Å²) in [5.41, 5.74) is 2.24. The van der Waals surface area contributed by atoms with Crippen molar-refractivity contribution in [1.29, 1.82) is 0 Å². The van der Waals surface area contributed by atoms with Gasteiger partial charge in [-0.25, -0.2) is 9.37 Å². The standard InChI is InChI=1S/C20H17BrFN3O2S/c1-12-17(9-13-5-7-16(22)8-6-13)28-20(24-12)25-18(26)11-23-19(27)14-3-2-4-15(21)10-14/h2-8,10H,9,11H2,1H3,(H,23,27)(H,24,25,26). The number of aryl methyl sites for hydroxylation is 1. The van der Waals surface area contributed by atoms with Gasteiger partial charge in [-0.1, -0.05) is 34.1 Å². The molecular formula is C20H17BrFN3O2S. The van der Waals surface area contributed by atoms with E-state index in [1.165, 1.54) is 23.5 Å². The summed E-state index contributed by atoms with van der Waals surface area (Å²) in [5.74, 6) is -0.961. The Hall–Kier alpha value is -2.58. The van der Waals surface area contributed by atoms with Gasteiger partial charge in [-0.15, -0.1) is 11.3 Å². The number of hydrogen-bond acceptors (Lipinski definition) is 4. The third-order valence-electron chi connectivity index (χ3n) is 3.91. The molecular weight excluding hydrogens is 445 g/mol. The zero-order chi connectivity index (χ0) is 20.1. The van der Waals surface area contributed by atoms with Gasteiger partial charge in [-0.3, -0.25) is 9.59 Å². The molecule has 28 heavy (non-hydrogen) atoms. The number of halogens is 2. The Kier molecular flexibility index (Phi) is 6.53. The number of benzene rings is 2. The highest BCUT2D eigenvalue weighted by Gasteiger charge is 2.13. The molecule has 5 nitrogen and oxygen atoms in total. The number of amides is 2. The molecule has 144 valence electrons. The van der Waals surface area contributed by atoms with Crippen molar-refractivity contribution in [3.63, 3.8) is 0 Å². The molecule has 2 aromatic carbocycles. The molecule has 0 saturated carbocycles. The third-order valence-corrected chi connectivity index (χ3v) is 5.48. The van der Waals surface area contributed by atoms with Crippen molar-refractivity contribution in [1.82, 2.24) is 10.3 Å². The Morgan fingerprint density at radius 2 is 1.93 bits per heavy atom. The highest BCUT2D eigenvalue weighted by Crippen LogP contribution is 2.25. The second-order valence-corrected chi connectivity index (χ2v) is 8.07. The first-order chi connectivity index (χ1) is 13.4. The van der Waals surface area contributed by atoms with E-state index in [9.17, 15) is 14.0 Å². The van der Waals surface area contributed by atoms with Gasteiger partial charge in [-0.05, 0) is 42.8 Å². The van der Waals surface area contributed by atoms with E-state index in [0.717, 1.165) is 20.6 Å². The van der Waals surface area contributed by atoms with E-state index < -0.39 is 0 Å². The van der Waals surface area contributed by atoms with Gasteiger partial charge in [0.2, 0.25) is 5.91 Å². The molecule has 0 aliphatic rings. The summed E-state index contributed by atoms with van der Waals surface area (Å²) in [6.45, 7) is 1.71. The SMILES string of the molecule is Cc1nc(NC(=O)CNC(=O)c2cccc(Br)c2)sc1Cc1ccc(F)cc1. The molecule has 2 amide bonds. The number of nitrogens with zero attached hydrogens (tertiary/aromatic N) is 1. The summed E-state index contributed by atoms with van der Waals surface area (Å²) in [6.07, 6.45) is 0.610. The van der Waals surface area contributed by atoms with Crippen LogP contribution in [0.4, 0.5) is 9.52 Å². The van der Waals surface area contributed by atoms with Crippen LogP contribution in [-0.4, -0.2) is 23.3 Å². The quantitative estimate of drug-likeness (QED) is 0.574. The monoisotopic (exact) mass is 461 g/mol. The number of carbonyl (C=O) groups is 2. The van der Waals surface area contributed by atoms with Crippen molar-refractivity contribution in [3.05, 3.63) is 80.5 Å². The summed E-state index contributed by atoms with van der Waals surface area (Å²) < 4.78 is 13.8. The summed E-state index contributed by atoms with van der Waals surface area (Å²) >= 11 is 4.67. The first-order valence-corrected chi connectivity index (χ1v) is 10.1. The maximum absolute atomic E-state index is 13.0. The predicted octanol–water partition coefficient (Wildman–Crippen LogP) is 4.31. The number of hydrogen-bond donors (Lipinski definition) is 2. The third kappa shape index (κ3) is 5.46. The smallest absolute Gasteiger partial charge is 0.251 e. The van der Waals surface area contributed by atoms with Crippen LogP contribution in [0.15, 0.2) is 53.0 Å². The summed E-state index contributed by atoms with van der Waals surface area (Å²) in [7, 11) is 0. The van der Waals surface area contributed by atoms with E-state index in [4.69, 9.17) is 0 Å². The van der Waals surface area contributed by atoms with Gasteiger partial charge < -0.3 is 10.6 Å². The molecule has 8 heteroatoms. The van der Waals surface area contributed by atoms with Gasteiger partial charge in [0.1, 0.15) is 5.82 Å². The fraction of sp³-hybridized carbons (Fsp3) is 0.150. The van der Waals surface area contributed by atoms with Crippen LogP contribution in [0.1, 0.15) is 26.5 Å². The zero-order valence-electron chi connectivity index (χ0n) is 15.0. The molecule has 3 aromatic rings. The molecule has 0 fully saturated rings. The minimum atomic E-state index is -0.356. The van der Waals surface area contributed by atoms with Gasteiger partial charge in [0.05, 0.1) is 12.2 Å². The predicted molar refractivity (Wildman–Crippen MR) is 111 cm³/mol. The molecule has 0 atom stereocenters. The zero-order valence-corrected chi connectivity index (χ0v) is 17.4. The first-order valence-electron chi connectivity index (χ1n) is 8.45. The molecule has 0 bridgehead atoms. The van der Waals surface area contributed by atoms with E-state index in [1.807, 2.05) is 13.0 Å². The van der Waals surface area contributed by atoms with Crippen molar-refractivity contribution in [2.24, 2.45) is 0 Å². The van der Waals surface area contributed by atoms with Crippen molar-refractivity contribution < 1.29 is 14.0 Å². The van der Waals surface area contributed by atoms with Crippen LogP contribution in [-0.2, 0) is 11.2 Å². The average molecular weight is 462 g/mol. The van der Waals surface area contributed by atoms with Gasteiger partial charge >= 0.3 is 0 Å². The van der Waals surface area contributed by atoms with Crippen molar-refractivity contribution in [2.75, 3.05) is 11.9 Å². The van der Waals surface area contributed by atoms with Gasteiger partial charge in [0, 0.05) is 21.3 Å². The fourth-order valence-corrected chi connectivity index (χ4v) is 3.90. The van der Waals surface area contributed by atoms with Crippen molar-refractivity contribution >= 4 is 44.2 Å². The van der Waals surface area contributed by atoms with Gasteiger partial charge in [0.25, 0.3) is 5.91 Å². The maximum atomic E-state index is 13.0. The van der Waals surface area contributed by atoms with Gasteiger partial charge in [0.15, 0.2) is 5.13 Å². The molecule has 0 spiro atoms. The molecule has 3 rings (SSSR count). The van der Waals surface area contributed by atoms with Crippen LogP contribution >= 0.6 is 27.3 Å². The van der Waals surface area contributed by atoms with Crippen molar-refractivity contribution in [2.45, 2.75) is 13.3 Å². The number of nitrogens with one attached hydrogen (secondary N) is 2. The summed E-state index contributed by atoms with van der Waals surface area (Å²) in [6, 6.07) is 13.2. The molecule has 0 aliphatic heterocycles. The molecule has 0 radical (unpaired) electrons. The number of anilines is 1. The van der Waals surface area contributed by atoms with E-state index >= 15 is 0 Å². The van der Waals surface area contributed by atoms with Gasteiger partial charge in [-0.2, -0.15) is 0 Å². The maximum Gasteiger partial charge on any atom is 0.251 e.